The van der Waals surface area contributed by atoms with E-state index < -0.39 is 0 Å². The smallest absolute Gasteiger partial charge is 0.119 e. The molecule has 2 heteroatoms. The highest BCUT2D eigenvalue weighted by Gasteiger charge is 2.10. The Hall–Kier alpha value is -0.300. The lowest BCUT2D eigenvalue weighted by molar-refractivity contribution is 0.532. The van der Waals surface area contributed by atoms with Gasteiger partial charge < -0.3 is 0 Å². The summed E-state index contributed by atoms with van der Waals surface area (Å²) in [5.41, 5.74) is 0. The van der Waals surface area contributed by atoms with Crippen molar-refractivity contribution in [2.45, 2.75) is 13.3 Å². The van der Waals surface area contributed by atoms with Gasteiger partial charge in [0, 0.05) is 6.42 Å². The Bertz CT molecular complexity index is 170. The maximum atomic E-state index is 12.5. The van der Waals surface area contributed by atoms with Crippen LogP contribution >= 0.6 is 11.6 Å². The Morgan fingerprint density at radius 3 is 2.89 bits per heavy atom. The molecule has 1 rings (SSSR count). The quantitative estimate of drug-likeness (QED) is 0.493. The summed E-state index contributed by atoms with van der Waals surface area (Å²) in [4.78, 5) is 0. The zero-order valence-electron chi connectivity index (χ0n) is 5.20. The zero-order valence-corrected chi connectivity index (χ0v) is 5.95. The van der Waals surface area contributed by atoms with Gasteiger partial charge in [0.15, 0.2) is 0 Å². The van der Waals surface area contributed by atoms with Gasteiger partial charge in [-0.3, -0.25) is 0 Å². The third-order valence-electron chi connectivity index (χ3n) is 1.33. The molecule has 0 N–H and O–H groups in total. The molecule has 50 valence electrons. The average molecular weight is 147 g/mol. The highest BCUT2D eigenvalue weighted by Crippen LogP contribution is 2.25. The van der Waals surface area contributed by atoms with Crippen LogP contribution in [-0.4, -0.2) is 0 Å². The first-order valence-corrected chi connectivity index (χ1v) is 3.30. The summed E-state index contributed by atoms with van der Waals surface area (Å²) in [5.74, 6) is 0.110. The normalized spacial score (nSPS) is 27.2. The molecule has 0 fully saturated rings. The van der Waals surface area contributed by atoms with Gasteiger partial charge in [-0.15, -0.1) is 0 Å². The minimum atomic E-state index is -0.188. The van der Waals surface area contributed by atoms with E-state index in [0.29, 0.717) is 12.3 Å². The standard InChI is InChI=1S/C7H8ClF/c1-5-2-3-6(8)7(9)4-5/h2-3,5H,4H2,1H3. The minimum Gasteiger partial charge on any atom is -0.210 e. The molecule has 1 aliphatic rings. The average Bonchev–Trinajstić information content (AvgIpc) is 1.80. The Balaban J connectivity index is 2.75. The molecule has 0 spiro atoms. The molecule has 0 saturated heterocycles. The predicted molar refractivity (Wildman–Crippen MR) is 36.9 cm³/mol. The molecule has 0 nitrogen and oxygen atoms in total. The number of hydrogen-bond acceptors (Lipinski definition) is 0. The molecule has 0 radical (unpaired) electrons. The molecule has 0 aromatic rings. The van der Waals surface area contributed by atoms with Crippen LogP contribution in [0.3, 0.4) is 0 Å². The van der Waals surface area contributed by atoms with Crippen LogP contribution in [0.2, 0.25) is 0 Å². The summed E-state index contributed by atoms with van der Waals surface area (Å²) in [7, 11) is 0. The predicted octanol–water partition coefficient (Wildman–Crippen LogP) is 3.00. The van der Waals surface area contributed by atoms with E-state index in [0.717, 1.165) is 0 Å². The highest BCUT2D eigenvalue weighted by molar-refractivity contribution is 6.31. The third kappa shape index (κ3) is 1.55. The Morgan fingerprint density at radius 1 is 1.78 bits per heavy atom. The van der Waals surface area contributed by atoms with Crippen LogP contribution in [0.4, 0.5) is 4.39 Å². The van der Waals surface area contributed by atoms with Crippen molar-refractivity contribution in [1.82, 2.24) is 0 Å². The second-order valence-electron chi connectivity index (χ2n) is 2.29. The summed E-state index contributed by atoms with van der Waals surface area (Å²) in [6.07, 6.45) is 3.98. The van der Waals surface area contributed by atoms with Gasteiger partial charge >= 0.3 is 0 Å². The fourth-order valence-corrected chi connectivity index (χ4v) is 0.937. The van der Waals surface area contributed by atoms with E-state index in [1.54, 1.807) is 6.08 Å². The van der Waals surface area contributed by atoms with E-state index in [-0.39, 0.29) is 10.9 Å². The van der Waals surface area contributed by atoms with Crippen molar-refractivity contribution in [3.63, 3.8) is 0 Å². The van der Waals surface area contributed by atoms with E-state index in [9.17, 15) is 4.39 Å². The van der Waals surface area contributed by atoms with Crippen molar-refractivity contribution in [3.8, 4) is 0 Å². The maximum Gasteiger partial charge on any atom is 0.119 e. The molecule has 0 heterocycles. The molecule has 0 aliphatic heterocycles. The van der Waals surface area contributed by atoms with E-state index in [4.69, 9.17) is 11.6 Å². The van der Waals surface area contributed by atoms with Gasteiger partial charge in [0.1, 0.15) is 5.83 Å². The van der Waals surface area contributed by atoms with Gasteiger partial charge in [0.05, 0.1) is 5.03 Å². The molecular weight excluding hydrogens is 139 g/mol. The lowest BCUT2D eigenvalue weighted by Crippen LogP contribution is -1.95. The SMILES string of the molecule is CC1C=CC(Cl)=C(F)C1. The van der Waals surface area contributed by atoms with Crippen LogP contribution in [-0.2, 0) is 0 Å². The first-order valence-electron chi connectivity index (χ1n) is 2.92. The minimum absolute atomic E-state index is 0.188. The molecule has 0 aromatic heterocycles. The number of rotatable bonds is 0. The van der Waals surface area contributed by atoms with Crippen LogP contribution in [0, 0.1) is 5.92 Å². The van der Waals surface area contributed by atoms with Gasteiger partial charge in [0.2, 0.25) is 0 Å². The molecule has 0 amide bonds. The number of hydrogen-bond donors (Lipinski definition) is 0. The largest absolute Gasteiger partial charge is 0.210 e. The van der Waals surface area contributed by atoms with Crippen molar-refractivity contribution in [2.75, 3.05) is 0 Å². The van der Waals surface area contributed by atoms with Gasteiger partial charge in [-0.25, -0.2) is 4.39 Å². The maximum absolute atomic E-state index is 12.5. The summed E-state index contributed by atoms with van der Waals surface area (Å²) in [6.45, 7) is 1.96. The van der Waals surface area contributed by atoms with Crippen molar-refractivity contribution < 1.29 is 4.39 Å². The van der Waals surface area contributed by atoms with Gasteiger partial charge in [-0.05, 0) is 12.0 Å². The molecular formula is C7H8ClF. The van der Waals surface area contributed by atoms with E-state index in [1.165, 1.54) is 0 Å². The lowest BCUT2D eigenvalue weighted by atomic mass is 10.0. The monoisotopic (exact) mass is 146 g/mol. The zero-order chi connectivity index (χ0) is 6.85. The van der Waals surface area contributed by atoms with Crippen molar-refractivity contribution in [1.29, 1.82) is 0 Å². The van der Waals surface area contributed by atoms with E-state index >= 15 is 0 Å². The van der Waals surface area contributed by atoms with Gasteiger partial charge in [-0.1, -0.05) is 24.6 Å². The molecule has 1 aliphatic carbocycles. The van der Waals surface area contributed by atoms with Gasteiger partial charge in [-0.2, -0.15) is 0 Å². The lowest BCUT2D eigenvalue weighted by Gasteiger charge is -2.08. The van der Waals surface area contributed by atoms with Crippen molar-refractivity contribution in [2.24, 2.45) is 5.92 Å². The Labute approximate surface area is 59.0 Å². The first kappa shape index (κ1) is 6.81. The van der Waals surface area contributed by atoms with Crippen LogP contribution in [0.1, 0.15) is 13.3 Å². The van der Waals surface area contributed by atoms with Crippen molar-refractivity contribution in [3.05, 3.63) is 23.0 Å². The van der Waals surface area contributed by atoms with E-state index in [1.807, 2.05) is 13.0 Å². The Kier molecular flexibility index (Phi) is 1.91. The molecule has 9 heavy (non-hydrogen) atoms. The second-order valence-corrected chi connectivity index (χ2v) is 2.70. The topological polar surface area (TPSA) is 0 Å². The fourth-order valence-electron chi connectivity index (χ4n) is 0.787. The van der Waals surface area contributed by atoms with Crippen LogP contribution in [0.15, 0.2) is 23.0 Å². The molecule has 0 bridgehead atoms. The van der Waals surface area contributed by atoms with Gasteiger partial charge in [0.25, 0.3) is 0 Å². The molecule has 0 aromatic carbocycles. The van der Waals surface area contributed by atoms with Crippen LogP contribution in [0.5, 0.6) is 0 Å². The third-order valence-corrected chi connectivity index (χ3v) is 1.66. The summed E-state index contributed by atoms with van der Waals surface area (Å²) in [6, 6.07) is 0. The first-order chi connectivity index (χ1) is 4.20. The van der Waals surface area contributed by atoms with E-state index in [2.05, 4.69) is 0 Å². The second kappa shape index (κ2) is 2.53. The summed E-state index contributed by atoms with van der Waals surface area (Å²) < 4.78 is 12.5. The summed E-state index contributed by atoms with van der Waals surface area (Å²) in [5, 5.41) is 0.258. The fraction of sp³-hybridized carbons (Fsp3) is 0.429. The van der Waals surface area contributed by atoms with Crippen LogP contribution < -0.4 is 0 Å². The van der Waals surface area contributed by atoms with Crippen LogP contribution in [0.25, 0.3) is 0 Å². The summed E-state index contributed by atoms with van der Waals surface area (Å²) >= 11 is 5.45. The number of halogens is 2. The Morgan fingerprint density at radius 2 is 2.44 bits per heavy atom. The highest BCUT2D eigenvalue weighted by atomic mass is 35.5. The van der Waals surface area contributed by atoms with Crippen molar-refractivity contribution >= 4 is 11.6 Å². The molecule has 1 atom stereocenters. The molecule has 0 saturated carbocycles. The number of allylic oxidation sites excluding steroid dienone is 4. The molecule has 1 unspecified atom stereocenters.